The number of halogens is 1. The van der Waals surface area contributed by atoms with Gasteiger partial charge in [-0.1, -0.05) is 30.3 Å². The Morgan fingerprint density at radius 3 is 2.52 bits per heavy atom. The lowest BCUT2D eigenvalue weighted by Crippen LogP contribution is -2.22. The number of nitrogens with one attached hydrogen (secondary N) is 1. The quantitative estimate of drug-likeness (QED) is 0.764. The first kappa shape index (κ1) is 17.1. The molecule has 0 unspecified atom stereocenters. The summed E-state index contributed by atoms with van der Waals surface area (Å²) in [6.45, 7) is 1.32. The molecular weight excluding hydrogens is 315 g/mol. The van der Waals surface area contributed by atoms with Crippen molar-refractivity contribution in [3.8, 4) is 0 Å². The molecule has 0 aromatic heterocycles. The Morgan fingerprint density at radius 2 is 1.80 bits per heavy atom. The van der Waals surface area contributed by atoms with Gasteiger partial charge in [-0.2, -0.15) is 0 Å². The van der Waals surface area contributed by atoms with Crippen LogP contribution >= 0.6 is 0 Å². The van der Waals surface area contributed by atoms with Gasteiger partial charge in [0.25, 0.3) is 5.91 Å². The Balaban J connectivity index is 1.77. The number of hydrogen-bond donors (Lipinski definition) is 1. The average molecular weight is 336 g/mol. The van der Waals surface area contributed by atoms with Gasteiger partial charge in [-0.15, -0.1) is 0 Å². The summed E-state index contributed by atoms with van der Waals surface area (Å²) >= 11 is 0. The van der Waals surface area contributed by atoms with E-state index in [1.54, 1.807) is 0 Å². The van der Waals surface area contributed by atoms with E-state index in [1.807, 2.05) is 26.2 Å². The van der Waals surface area contributed by atoms with Crippen LogP contribution in [0.3, 0.4) is 0 Å². The van der Waals surface area contributed by atoms with Crippen molar-refractivity contribution in [1.29, 1.82) is 0 Å². The molecule has 0 atom stereocenters. The summed E-state index contributed by atoms with van der Waals surface area (Å²) in [5.41, 5.74) is 2.77. The number of rotatable bonds is 5. The SMILES string of the molecule is CN(C)Cc1ccc2c(CNC(=O)c3ccc(F)cc3)cccc2c1. The van der Waals surface area contributed by atoms with Gasteiger partial charge in [0.2, 0.25) is 0 Å². The third-order valence-corrected chi connectivity index (χ3v) is 4.08. The Bertz CT molecular complexity index is 888. The van der Waals surface area contributed by atoms with Crippen LogP contribution in [0.2, 0.25) is 0 Å². The summed E-state index contributed by atoms with van der Waals surface area (Å²) in [6.07, 6.45) is 0. The zero-order valence-electron chi connectivity index (χ0n) is 14.4. The molecule has 4 heteroatoms. The lowest BCUT2D eigenvalue weighted by molar-refractivity contribution is 0.0951. The Kier molecular flexibility index (Phi) is 5.10. The highest BCUT2D eigenvalue weighted by Gasteiger charge is 2.07. The van der Waals surface area contributed by atoms with Crippen molar-refractivity contribution in [2.45, 2.75) is 13.1 Å². The van der Waals surface area contributed by atoms with E-state index in [0.717, 1.165) is 22.9 Å². The molecular formula is C21H21FN2O. The number of benzene rings is 3. The van der Waals surface area contributed by atoms with Crippen LogP contribution in [0, 0.1) is 5.82 Å². The first-order valence-corrected chi connectivity index (χ1v) is 8.22. The number of amides is 1. The van der Waals surface area contributed by atoms with Crippen LogP contribution < -0.4 is 5.32 Å². The monoisotopic (exact) mass is 336 g/mol. The van der Waals surface area contributed by atoms with Crippen molar-refractivity contribution in [2.75, 3.05) is 14.1 Å². The van der Waals surface area contributed by atoms with Gasteiger partial charge in [-0.25, -0.2) is 4.39 Å². The summed E-state index contributed by atoms with van der Waals surface area (Å²) in [6, 6.07) is 18.1. The Hall–Kier alpha value is -2.72. The Labute approximate surface area is 147 Å². The van der Waals surface area contributed by atoms with Gasteiger partial charge in [0.15, 0.2) is 0 Å². The predicted molar refractivity (Wildman–Crippen MR) is 98.9 cm³/mol. The van der Waals surface area contributed by atoms with Gasteiger partial charge in [-0.3, -0.25) is 4.79 Å². The smallest absolute Gasteiger partial charge is 0.251 e. The van der Waals surface area contributed by atoms with Crippen molar-refractivity contribution >= 4 is 16.7 Å². The third kappa shape index (κ3) is 4.22. The molecule has 3 nitrogen and oxygen atoms in total. The molecule has 1 amide bonds. The molecule has 0 heterocycles. The maximum absolute atomic E-state index is 13.0. The minimum absolute atomic E-state index is 0.207. The van der Waals surface area contributed by atoms with E-state index in [2.05, 4.69) is 34.5 Å². The van der Waals surface area contributed by atoms with Gasteiger partial charge in [0, 0.05) is 18.7 Å². The second kappa shape index (κ2) is 7.45. The van der Waals surface area contributed by atoms with E-state index in [4.69, 9.17) is 0 Å². The fourth-order valence-electron chi connectivity index (χ4n) is 2.90. The number of nitrogens with zero attached hydrogens (tertiary/aromatic N) is 1. The molecule has 128 valence electrons. The second-order valence-corrected chi connectivity index (χ2v) is 6.40. The van der Waals surface area contributed by atoms with Gasteiger partial charge < -0.3 is 10.2 Å². The molecule has 3 aromatic carbocycles. The standard InChI is InChI=1S/C21H21FN2O/c1-24(2)14-15-6-11-20-17(12-15)4-3-5-18(20)13-23-21(25)16-7-9-19(22)10-8-16/h3-12H,13-14H2,1-2H3,(H,23,25). The van der Waals surface area contributed by atoms with Gasteiger partial charge in [0.05, 0.1) is 0 Å². The molecule has 1 N–H and O–H groups in total. The number of carbonyl (C=O) groups is 1. The van der Waals surface area contributed by atoms with E-state index in [0.29, 0.717) is 12.1 Å². The highest BCUT2D eigenvalue weighted by Crippen LogP contribution is 2.21. The molecule has 0 saturated heterocycles. The summed E-state index contributed by atoms with van der Waals surface area (Å²) < 4.78 is 13.0. The molecule has 0 saturated carbocycles. The van der Waals surface area contributed by atoms with Crippen molar-refractivity contribution in [2.24, 2.45) is 0 Å². The predicted octanol–water partition coefficient (Wildman–Crippen LogP) is 3.97. The molecule has 0 radical (unpaired) electrons. The molecule has 3 rings (SSSR count). The van der Waals surface area contributed by atoms with E-state index < -0.39 is 0 Å². The number of hydrogen-bond acceptors (Lipinski definition) is 2. The summed E-state index contributed by atoms with van der Waals surface area (Å²) in [5, 5.41) is 5.19. The summed E-state index contributed by atoms with van der Waals surface area (Å²) in [4.78, 5) is 14.3. The van der Waals surface area contributed by atoms with E-state index in [9.17, 15) is 9.18 Å². The van der Waals surface area contributed by atoms with Gasteiger partial charge >= 0.3 is 0 Å². The summed E-state index contributed by atoms with van der Waals surface area (Å²) in [5.74, 6) is -0.555. The minimum atomic E-state index is -0.348. The van der Waals surface area contributed by atoms with Gasteiger partial charge in [-0.05, 0) is 66.3 Å². The Morgan fingerprint density at radius 1 is 1.04 bits per heavy atom. The van der Waals surface area contributed by atoms with E-state index in [-0.39, 0.29) is 11.7 Å². The van der Waals surface area contributed by atoms with Crippen molar-refractivity contribution < 1.29 is 9.18 Å². The zero-order chi connectivity index (χ0) is 17.8. The fourth-order valence-corrected chi connectivity index (χ4v) is 2.90. The lowest BCUT2D eigenvalue weighted by Gasteiger charge is -2.12. The minimum Gasteiger partial charge on any atom is -0.348 e. The van der Waals surface area contributed by atoms with E-state index >= 15 is 0 Å². The fraction of sp³-hybridized carbons (Fsp3) is 0.190. The van der Waals surface area contributed by atoms with Crippen LogP contribution in [0.1, 0.15) is 21.5 Å². The van der Waals surface area contributed by atoms with E-state index in [1.165, 1.54) is 29.8 Å². The first-order valence-electron chi connectivity index (χ1n) is 8.22. The van der Waals surface area contributed by atoms with Crippen LogP contribution in [0.5, 0.6) is 0 Å². The average Bonchev–Trinajstić information content (AvgIpc) is 2.59. The zero-order valence-corrected chi connectivity index (χ0v) is 14.4. The maximum Gasteiger partial charge on any atom is 0.251 e. The molecule has 3 aromatic rings. The highest BCUT2D eigenvalue weighted by molar-refractivity contribution is 5.94. The lowest BCUT2D eigenvalue weighted by atomic mass is 10.0. The number of carbonyl (C=O) groups excluding carboxylic acids is 1. The normalized spacial score (nSPS) is 11.0. The van der Waals surface area contributed by atoms with Crippen LogP contribution in [0.15, 0.2) is 60.7 Å². The molecule has 0 aliphatic heterocycles. The van der Waals surface area contributed by atoms with Crippen molar-refractivity contribution in [1.82, 2.24) is 10.2 Å². The van der Waals surface area contributed by atoms with Crippen molar-refractivity contribution in [3.63, 3.8) is 0 Å². The van der Waals surface area contributed by atoms with Crippen LogP contribution in [-0.4, -0.2) is 24.9 Å². The molecule has 0 spiro atoms. The van der Waals surface area contributed by atoms with Crippen LogP contribution in [0.25, 0.3) is 10.8 Å². The first-order chi connectivity index (χ1) is 12.0. The molecule has 0 aliphatic carbocycles. The maximum atomic E-state index is 13.0. The number of fused-ring (bicyclic) bond motifs is 1. The van der Waals surface area contributed by atoms with Gasteiger partial charge in [0.1, 0.15) is 5.82 Å². The largest absolute Gasteiger partial charge is 0.348 e. The highest BCUT2D eigenvalue weighted by atomic mass is 19.1. The van der Waals surface area contributed by atoms with Crippen molar-refractivity contribution in [3.05, 3.63) is 83.2 Å². The molecule has 0 bridgehead atoms. The summed E-state index contributed by atoms with van der Waals surface area (Å²) in [7, 11) is 4.09. The third-order valence-electron chi connectivity index (χ3n) is 4.08. The molecule has 25 heavy (non-hydrogen) atoms. The topological polar surface area (TPSA) is 32.3 Å². The second-order valence-electron chi connectivity index (χ2n) is 6.40. The van der Waals surface area contributed by atoms with Crippen LogP contribution in [-0.2, 0) is 13.1 Å². The molecule has 0 fully saturated rings. The van der Waals surface area contributed by atoms with Crippen LogP contribution in [0.4, 0.5) is 4.39 Å². The molecule has 0 aliphatic rings.